The van der Waals surface area contributed by atoms with E-state index in [1.165, 1.54) is 32.1 Å². The molecule has 0 bridgehead atoms. The van der Waals surface area contributed by atoms with Crippen molar-refractivity contribution in [3.05, 3.63) is 16.8 Å². The van der Waals surface area contributed by atoms with Gasteiger partial charge in [0.25, 0.3) is 0 Å². The van der Waals surface area contributed by atoms with Crippen molar-refractivity contribution in [1.29, 1.82) is 0 Å². The molecule has 37 heavy (non-hydrogen) atoms. The van der Waals surface area contributed by atoms with Gasteiger partial charge in [-0.3, -0.25) is 0 Å². The van der Waals surface area contributed by atoms with Crippen LogP contribution < -0.4 is 0 Å². The Morgan fingerprint density at radius 2 is 0.892 bits per heavy atom. The Labute approximate surface area is 247 Å². The third-order valence-corrected chi connectivity index (χ3v) is 12.4. The largest absolute Gasteiger partial charge is 3.00 e. The van der Waals surface area contributed by atoms with E-state index < -0.39 is 0 Å². The van der Waals surface area contributed by atoms with Crippen molar-refractivity contribution in [2.24, 2.45) is 71.0 Å². The van der Waals surface area contributed by atoms with E-state index >= 15 is 0 Å². The molecule has 0 aromatic rings. The zero-order valence-electron chi connectivity index (χ0n) is 26.8. The Morgan fingerprint density at radius 1 is 0.568 bits per heavy atom. The van der Waals surface area contributed by atoms with E-state index in [0.29, 0.717) is 23.6 Å². The summed E-state index contributed by atoms with van der Waals surface area (Å²) < 4.78 is 0. The first kappa shape index (κ1) is 35.1. The minimum absolute atomic E-state index is 0. The van der Waals surface area contributed by atoms with Crippen molar-refractivity contribution in [2.45, 2.75) is 134 Å². The SMILES string of the molecule is CC(C)C1CC(O)=C([N-]C2CCCCC2)C1.CC1C(C)C(C)C(C)C1C.CC1C(C)C(C)C(C)C1C.[Ti+3]. The minimum Gasteiger partial charge on any atom is -0.682 e. The molecule has 3 fully saturated rings. The molecule has 1 radical (unpaired) electrons. The summed E-state index contributed by atoms with van der Waals surface area (Å²) >= 11 is 0. The summed E-state index contributed by atoms with van der Waals surface area (Å²) in [4.78, 5) is 0. The van der Waals surface area contributed by atoms with E-state index in [0.717, 1.165) is 77.7 Å². The van der Waals surface area contributed by atoms with Crippen molar-refractivity contribution in [3.8, 4) is 0 Å². The third-order valence-electron chi connectivity index (χ3n) is 12.4. The van der Waals surface area contributed by atoms with Crippen LogP contribution in [0.15, 0.2) is 11.5 Å². The molecule has 0 amide bonds. The summed E-state index contributed by atoms with van der Waals surface area (Å²) in [6.07, 6.45) is 8.30. The smallest absolute Gasteiger partial charge is 0.682 e. The molecule has 0 saturated heterocycles. The zero-order valence-corrected chi connectivity index (χ0v) is 28.4. The molecule has 4 rings (SSSR count). The van der Waals surface area contributed by atoms with Gasteiger partial charge in [-0.2, -0.15) is 0 Å². The second kappa shape index (κ2) is 15.7. The van der Waals surface area contributed by atoms with Gasteiger partial charge in [-0.05, 0) is 77.4 Å². The van der Waals surface area contributed by atoms with E-state index in [1.54, 1.807) is 0 Å². The molecule has 0 aromatic carbocycles. The summed E-state index contributed by atoms with van der Waals surface area (Å²) in [5.41, 5.74) is 1.02. The average Bonchev–Trinajstić information content (AvgIpc) is 3.37. The van der Waals surface area contributed by atoms with Crippen LogP contribution in [-0.4, -0.2) is 11.1 Å². The zero-order chi connectivity index (χ0) is 27.3. The monoisotopic (exact) mass is 550 g/mol. The van der Waals surface area contributed by atoms with E-state index in [9.17, 15) is 5.11 Å². The molecule has 1 atom stereocenters. The van der Waals surface area contributed by atoms with Crippen molar-refractivity contribution >= 4 is 0 Å². The van der Waals surface area contributed by atoms with Gasteiger partial charge in [0.1, 0.15) is 0 Å². The van der Waals surface area contributed by atoms with Gasteiger partial charge in [-0.15, -0.1) is 11.7 Å². The summed E-state index contributed by atoms with van der Waals surface area (Å²) in [6.45, 7) is 28.5. The van der Waals surface area contributed by atoms with Gasteiger partial charge in [-0.1, -0.05) is 115 Å². The van der Waals surface area contributed by atoms with Gasteiger partial charge in [0.15, 0.2) is 0 Å². The van der Waals surface area contributed by atoms with Crippen LogP contribution in [0.4, 0.5) is 0 Å². The fourth-order valence-electron chi connectivity index (χ4n) is 7.62. The van der Waals surface area contributed by atoms with Crippen LogP contribution in [0.25, 0.3) is 5.32 Å². The van der Waals surface area contributed by atoms with Gasteiger partial charge in [0.05, 0.1) is 5.76 Å². The van der Waals surface area contributed by atoms with Crippen LogP contribution in [0.2, 0.25) is 0 Å². The van der Waals surface area contributed by atoms with E-state index in [1.807, 2.05) is 0 Å². The van der Waals surface area contributed by atoms with E-state index in [4.69, 9.17) is 5.32 Å². The summed E-state index contributed by atoms with van der Waals surface area (Å²) in [6, 6.07) is 0.497. The number of allylic oxidation sites excluding steroid dienone is 2. The maximum Gasteiger partial charge on any atom is 3.00 e. The van der Waals surface area contributed by atoms with Crippen molar-refractivity contribution in [2.75, 3.05) is 0 Å². The van der Waals surface area contributed by atoms with Crippen LogP contribution in [0.5, 0.6) is 0 Å². The van der Waals surface area contributed by atoms with Gasteiger partial charge < -0.3 is 10.4 Å². The molecule has 3 saturated carbocycles. The number of hydrogen-bond donors (Lipinski definition) is 1. The van der Waals surface area contributed by atoms with Crippen molar-refractivity contribution in [1.82, 2.24) is 0 Å². The molecule has 4 aliphatic rings. The van der Waals surface area contributed by atoms with Crippen LogP contribution in [0.1, 0.15) is 128 Å². The van der Waals surface area contributed by atoms with E-state index in [2.05, 4.69) is 83.1 Å². The van der Waals surface area contributed by atoms with Gasteiger partial charge >= 0.3 is 21.7 Å². The Kier molecular flexibility index (Phi) is 14.9. The molecule has 0 heterocycles. The van der Waals surface area contributed by atoms with Crippen LogP contribution in [0, 0.1) is 71.0 Å². The minimum atomic E-state index is 0. The Bertz CT molecular complexity index is 564. The second-order valence-corrected chi connectivity index (χ2v) is 14.3. The van der Waals surface area contributed by atoms with Gasteiger partial charge in [-0.25, -0.2) is 0 Å². The molecule has 213 valence electrons. The molecule has 4 aliphatic carbocycles. The summed E-state index contributed by atoms with van der Waals surface area (Å²) in [7, 11) is 0. The average molecular weight is 551 g/mol. The normalized spacial score (nSPS) is 42.0. The molecular formula is C34H64NOTi+2. The first-order valence-electron chi connectivity index (χ1n) is 15.9. The van der Waals surface area contributed by atoms with Crippen LogP contribution >= 0.6 is 0 Å². The predicted octanol–water partition coefficient (Wildman–Crippen LogP) is 10.9. The Balaban J connectivity index is 0.000000287. The fraction of sp³-hybridized carbons (Fsp3) is 0.941. The maximum atomic E-state index is 9.92. The van der Waals surface area contributed by atoms with E-state index in [-0.39, 0.29) is 21.7 Å². The molecular weight excluding hydrogens is 486 g/mol. The first-order chi connectivity index (χ1) is 16.8. The van der Waals surface area contributed by atoms with Crippen molar-refractivity contribution in [3.63, 3.8) is 0 Å². The third kappa shape index (κ3) is 9.03. The Hall–Kier alpha value is 0.0543. The van der Waals surface area contributed by atoms with Gasteiger partial charge in [0.2, 0.25) is 0 Å². The quantitative estimate of drug-likeness (QED) is 0.348. The molecule has 3 heteroatoms. The second-order valence-electron chi connectivity index (χ2n) is 14.3. The van der Waals surface area contributed by atoms with Crippen molar-refractivity contribution < 1.29 is 26.8 Å². The number of hydrogen-bond acceptors (Lipinski definition) is 1. The number of aliphatic hydroxyl groups excluding tert-OH is 1. The summed E-state index contributed by atoms with van der Waals surface area (Å²) in [5, 5.41) is 14.7. The molecule has 1 N–H and O–H groups in total. The Morgan fingerprint density at radius 3 is 1.16 bits per heavy atom. The van der Waals surface area contributed by atoms with Crippen LogP contribution in [0.3, 0.4) is 0 Å². The number of aliphatic hydroxyl groups is 1. The first-order valence-corrected chi connectivity index (χ1v) is 15.9. The maximum absolute atomic E-state index is 9.92. The molecule has 0 aliphatic heterocycles. The fourth-order valence-corrected chi connectivity index (χ4v) is 7.62. The topological polar surface area (TPSA) is 34.3 Å². The van der Waals surface area contributed by atoms with Crippen LogP contribution in [-0.2, 0) is 21.7 Å². The molecule has 2 nitrogen and oxygen atoms in total. The molecule has 0 spiro atoms. The standard InChI is InChI=1S/C14H24NO.2C10H20.Ti/c1-10(2)11-8-13(14(16)9-11)15-12-6-4-3-5-7-12;2*1-6-7(2)9(4)10(5)8(6)3;/h10-12,16H,3-9H2,1-2H3;2*6-10H,1-5H3;/q-1;;;+3. The predicted molar refractivity (Wildman–Crippen MR) is 159 cm³/mol. The molecule has 0 aromatic heterocycles. The number of rotatable bonds is 3. The molecule has 1 unspecified atom stereocenters. The summed E-state index contributed by atoms with van der Waals surface area (Å²) in [5.74, 6) is 11.2. The number of nitrogens with zero attached hydrogens (tertiary/aromatic N) is 1. The van der Waals surface area contributed by atoms with Gasteiger partial charge in [0, 0.05) is 6.42 Å².